The molecule has 0 spiro atoms. The van der Waals surface area contributed by atoms with E-state index in [4.69, 9.17) is 4.74 Å². The number of nitrogens with one attached hydrogen (secondary N) is 2. The van der Waals surface area contributed by atoms with Crippen molar-refractivity contribution in [2.75, 3.05) is 13.7 Å². The van der Waals surface area contributed by atoms with Crippen LogP contribution in [0.3, 0.4) is 0 Å². The predicted octanol–water partition coefficient (Wildman–Crippen LogP) is 3.46. The smallest absolute Gasteiger partial charge is 0.191 e. The maximum atomic E-state index is 5.13. The van der Waals surface area contributed by atoms with Crippen LogP contribution >= 0.6 is 11.3 Å². The van der Waals surface area contributed by atoms with Crippen molar-refractivity contribution in [3.8, 4) is 0 Å². The van der Waals surface area contributed by atoms with Gasteiger partial charge in [0.05, 0.1) is 19.7 Å². The Labute approximate surface area is 142 Å². The third kappa shape index (κ3) is 5.69. The molecule has 0 unspecified atom stereocenters. The fraction of sp³-hybridized carbons (Fsp3) is 0.389. The minimum absolute atomic E-state index is 0.647. The fourth-order valence-electron chi connectivity index (χ4n) is 2.17. The summed E-state index contributed by atoms with van der Waals surface area (Å²) in [6.45, 7) is 7.18. The van der Waals surface area contributed by atoms with E-state index >= 15 is 0 Å². The van der Waals surface area contributed by atoms with Crippen LogP contribution in [0.1, 0.15) is 28.5 Å². The Hall–Kier alpha value is -1.85. The monoisotopic (exact) mass is 331 g/mol. The molecule has 1 heterocycles. The maximum Gasteiger partial charge on any atom is 0.191 e. The van der Waals surface area contributed by atoms with Crippen LogP contribution < -0.4 is 10.6 Å². The van der Waals surface area contributed by atoms with Gasteiger partial charge in [0.2, 0.25) is 0 Å². The molecule has 0 radical (unpaired) electrons. The van der Waals surface area contributed by atoms with Gasteiger partial charge in [0.15, 0.2) is 5.96 Å². The summed E-state index contributed by atoms with van der Waals surface area (Å²) in [6, 6.07) is 10.5. The van der Waals surface area contributed by atoms with E-state index in [1.54, 1.807) is 18.4 Å². The maximum absolute atomic E-state index is 5.13. The molecule has 2 N–H and O–H groups in total. The molecule has 23 heavy (non-hydrogen) atoms. The van der Waals surface area contributed by atoms with Gasteiger partial charge in [0.25, 0.3) is 0 Å². The first-order valence-electron chi connectivity index (χ1n) is 7.84. The van der Waals surface area contributed by atoms with E-state index in [1.165, 1.54) is 21.6 Å². The van der Waals surface area contributed by atoms with E-state index in [0.717, 1.165) is 19.0 Å². The average Bonchev–Trinajstić information content (AvgIpc) is 2.97. The Balaban J connectivity index is 1.93. The normalized spacial score (nSPS) is 11.5. The molecule has 0 saturated heterocycles. The second kappa shape index (κ2) is 9.33. The summed E-state index contributed by atoms with van der Waals surface area (Å²) in [6.07, 6.45) is 0. The number of thiophene rings is 1. The molecule has 1 aromatic carbocycles. The highest BCUT2D eigenvalue weighted by atomic mass is 32.1. The van der Waals surface area contributed by atoms with E-state index in [2.05, 4.69) is 65.2 Å². The molecule has 124 valence electrons. The second-order valence-corrected chi connectivity index (χ2v) is 6.33. The number of benzene rings is 1. The predicted molar refractivity (Wildman–Crippen MR) is 97.9 cm³/mol. The van der Waals surface area contributed by atoms with E-state index in [9.17, 15) is 0 Å². The molecule has 0 amide bonds. The number of methoxy groups -OCH3 is 1. The zero-order valence-electron chi connectivity index (χ0n) is 14.1. The Morgan fingerprint density at radius 1 is 1.13 bits per heavy atom. The van der Waals surface area contributed by atoms with Gasteiger partial charge < -0.3 is 15.4 Å². The molecule has 0 aliphatic rings. The largest absolute Gasteiger partial charge is 0.380 e. The van der Waals surface area contributed by atoms with Crippen molar-refractivity contribution in [1.29, 1.82) is 0 Å². The quantitative estimate of drug-likeness (QED) is 0.603. The van der Waals surface area contributed by atoms with Crippen LogP contribution in [0.25, 0.3) is 0 Å². The molecule has 2 rings (SSSR count). The Kier molecular flexibility index (Phi) is 7.10. The first-order valence-corrected chi connectivity index (χ1v) is 8.72. The van der Waals surface area contributed by atoms with Gasteiger partial charge in [-0.25, -0.2) is 4.99 Å². The van der Waals surface area contributed by atoms with Gasteiger partial charge in [0.1, 0.15) is 0 Å². The molecule has 0 fully saturated rings. The number of guanidine groups is 1. The molecule has 0 saturated carbocycles. The minimum Gasteiger partial charge on any atom is -0.380 e. The van der Waals surface area contributed by atoms with E-state index in [-0.39, 0.29) is 0 Å². The zero-order valence-corrected chi connectivity index (χ0v) is 14.9. The van der Waals surface area contributed by atoms with Gasteiger partial charge >= 0.3 is 0 Å². The lowest BCUT2D eigenvalue weighted by molar-refractivity contribution is 0.185. The molecule has 0 bridgehead atoms. The summed E-state index contributed by atoms with van der Waals surface area (Å²) in [7, 11) is 1.71. The van der Waals surface area contributed by atoms with Crippen LogP contribution in [0.2, 0.25) is 0 Å². The van der Waals surface area contributed by atoms with Crippen molar-refractivity contribution in [2.24, 2.45) is 4.99 Å². The number of rotatable bonds is 7. The summed E-state index contributed by atoms with van der Waals surface area (Å²) in [5, 5.41) is 8.81. The number of aliphatic imine (C=N–C) groups is 1. The van der Waals surface area contributed by atoms with Gasteiger partial charge in [-0.2, -0.15) is 0 Å². The minimum atomic E-state index is 0.647. The molecule has 0 aliphatic carbocycles. The third-order valence-electron chi connectivity index (χ3n) is 3.48. The molecule has 0 aliphatic heterocycles. The summed E-state index contributed by atoms with van der Waals surface area (Å²) in [5.74, 6) is 0.848. The summed E-state index contributed by atoms with van der Waals surface area (Å²) < 4.78 is 5.13. The first-order chi connectivity index (χ1) is 11.2. The molecular weight excluding hydrogens is 306 g/mol. The number of nitrogens with zero attached hydrogens (tertiary/aromatic N) is 1. The van der Waals surface area contributed by atoms with Gasteiger partial charge in [-0.15, -0.1) is 11.3 Å². The lowest BCUT2D eigenvalue weighted by Crippen LogP contribution is -2.36. The highest BCUT2D eigenvalue weighted by Crippen LogP contribution is 2.14. The summed E-state index contributed by atoms with van der Waals surface area (Å²) >= 11 is 1.77. The number of hydrogen-bond donors (Lipinski definition) is 2. The van der Waals surface area contributed by atoms with E-state index < -0.39 is 0 Å². The molecule has 4 nitrogen and oxygen atoms in total. The van der Waals surface area contributed by atoms with Gasteiger partial charge in [-0.1, -0.05) is 24.3 Å². The zero-order chi connectivity index (χ0) is 16.5. The van der Waals surface area contributed by atoms with Crippen molar-refractivity contribution >= 4 is 17.3 Å². The lowest BCUT2D eigenvalue weighted by Gasteiger charge is -2.11. The van der Waals surface area contributed by atoms with Crippen molar-refractivity contribution in [3.63, 3.8) is 0 Å². The van der Waals surface area contributed by atoms with Gasteiger partial charge in [-0.05, 0) is 42.0 Å². The van der Waals surface area contributed by atoms with Crippen molar-refractivity contribution in [1.82, 2.24) is 10.6 Å². The number of ether oxygens (including phenoxy) is 1. The van der Waals surface area contributed by atoms with E-state index in [1.807, 2.05) is 0 Å². The number of hydrogen-bond acceptors (Lipinski definition) is 3. The molecule has 0 atom stereocenters. The van der Waals surface area contributed by atoms with Crippen LogP contribution in [-0.2, 0) is 24.4 Å². The van der Waals surface area contributed by atoms with Gasteiger partial charge in [0, 0.05) is 18.5 Å². The van der Waals surface area contributed by atoms with E-state index in [0.29, 0.717) is 13.2 Å². The average molecular weight is 331 g/mol. The van der Waals surface area contributed by atoms with Crippen molar-refractivity contribution in [2.45, 2.75) is 33.5 Å². The highest BCUT2D eigenvalue weighted by Gasteiger charge is 2.02. The van der Waals surface area contributed by atoms with Crippen LogP contribution in [0, 0.1) is 6.92 Å². The molecule has 2 aromatic rings. The standard InChI is InChI=1S/C18H25N3OS/c1-4-19-18(21-12-17-14(2)9-10-23-17)20-11-15-5-7-16(8-6-15)13-22-3/h5-10H,4,11-13H2,1-3H3,(H2,19,20,21). The first kappa shape index (κ1) is 17.5. The summed E-state index contributed by atoms with van der Waals surface area (Å²) in [5.41, 5.74) is 3.69. The van der Waals surface area contributed by atoms with Crippen LogP contribution in [0.15, 0.2) is 40.7 Å². The fourth-order valence-corrected chi connectivity index (χ4v) is 3.01. The highest BCUT2D eigenvalue weighted by molar-refractivity contribution is 7.10. The Bertz CT molecular complexity index is 619. The van der Waals surface area contributed by atoms with Crippen LogP contribution in [-0.4, -0.2) is 19.6 Å². The number of aryl methyl sites for hydroxylation is 1. The Morgan fingerprint density at radius 3 is 2.48 bits per heavy atom. The SMILES string of the molecule is CCNC(=NCc1ccc(COC)cc1)NCc1sccc1C. The molecular formula is C18H25N3OS. The van der Waals surface area contributed by atoms with Crippen LogP contribution in [0.4, 0.5) is 0 Å². The van der Waals surface area contributed by atoms with Crippen LogP contribution in [0.5, 0.6) is 0 Å². The topological polar surface area (TPSA) is 45.7 Å². The van der Waals surface area contributed by atoms with Gasteiger partial charge in [-0.3, -0.25) is 0 Å². The van der Waals surface area contributed by atoms with Crippen molar-refractivity contribution in [3.05, 3.63) is 57.3 Å². The third-order valence-corrected chi connectivity index (χ3v) is 4.51. The molecule has 1 aromatic heterocycles. The van der Waals surface area contributed by atoms with Crippen molar-refractivity contribution < 1.29 is 4.74 Å². The molecule has 5 heteroatoms. The lowest BCUT2D eigenvalue weighted by atomic mass is 10.1. The second-order valence-electron chi connectivity index (χ2n) is 5.33. The summed E-state index contributed by atoms with van der Waals surface area (Å²) in [4.78, 5) is 6.00. The Morgan fingerprint density at radius 2 is 1.87 bits per heavy atom.